The van der Waals surface area contributed by atoms with Crippen LogP contribution in [0.15, 0.2) is 0 Å². The van der Waals surface area contributed by atoms with Crippen molar-refractivity contribution in [3.8, 4) is 0 Å². The van der Waals surface area contributed by atoms with Gasteiger partial charge in [0.05, 0.1) is 59.2 Å². The van der Waals surface area contributed by atoms with Crippen LogP contribution in [0.5, 0.6) is 0 Å². The molecule has 2 aliphatic heterocycles. The molecule has 0 atom stereocenters. The van der Waals surface area contributed by atoms with Crippen LogP contribution < -0.4 is 10.6 Å². The van der Waals surface area contributed by atoms with Gasteiger partial charge in [-0.25, -0.2) is 0 Å². The van der Waals surface area contributed by atoms with Crippen LogP contribution >= 0.6 is 0 Å². The molecule has 2 aliphatic rings. The summed E-state index contributed by atoms with van der Waals surface area (Å²) in [6.45, 7) is 6.70. The first-order chi connectivity index (χ1) is 20.6. The number of carboxylic acid groups (broad SMARTS) is 3. The summed E-state index contributed by atoms with van der Waals surface area (Å²) in [7, 11) is 0. The van der Waals surface area contributed by atoms with Crippen molar-refractivity contribution in [1.82, 2.24) is 35.1 Å². The summed E-state index contributed by atoms with van der Waals surface area (Å²) in [5, 5.41) is 33.6. The third-order valence-electron chi connectivity index (χ3n) is 6.98. The summed E-state index contributed by atoms with van der Waals surface area (Å²) in [5.74, 6) is -4.05. The zero-order chi connectivity index (χ0) is 31.5. The Bertz CT molecular complexity index is 829. The number of carbonyl (C=O) groups excluding carboxylic acids is 2. The molecule has 2 heterocycles. The number of carbonyl (C=O) groups is 5. The van der Waals surface area contributed by atoms with Crippen LogP contribution in [0.3, 0.4) is 0 Å². The van der Waals surface area contributed by atoms with E-state index < -0.39 is 31.0 Å². The van der Waals surface area contributed by atoms with Gasteiger partial charge in [-0.15, -0.1) is 0 Å². The summed E-state index contributed by atoms with van der Waals surface area (Å²) >= 11 is 0. The Kier molecular flexibility index (Phi) is 21.8. The molecule has 0 aromatic carbocycles. The van der Waals surface area contributed by atoms with Crippen molar-refractivity contribution in [3.63, 3.8) is 0 Å². The SMILES string of the molecule is O=C(O)CN(CCN(CC(=O)O)CC(=O)NCCN1CCOCC1)CCN(CC(=O)O)CC(=O)NCCN1CCOCC1.[Gd+3]. The van der Waals surface area contributed by atoms with Crippen molar-refractivity contribution in [2.45, 2.75) is 0 Å². The number of nitrogens with zero attached hydrogens (tertiary/aromatic N) is 5. The van der Waals surface area contributed by atoms with E-state index in [9.17, 15) is 39.3 Å². The van der Waals surface area contributed by atoms with E-state index in [0.29, 0.717) is 52.6 Å². The molecule has 2 amide bonds. The van der Waals surface area contributed by atoms with Crippen molar-refractivity contribution in [1.29, 1.82) is 0 Å². The number of morpholine rings is 2. The molecule has 0 aromatic rings. The summed E-state index contributed by atoms with van der Waals surface area (Å²) in [6.07, 6.45) is 0. The fourth-order valence-electron chi connectivity index (χ4n) is 4.71. The van der Waals surface area contributed by atoms with Crippen LogP contribution in [0.2, 0.25) is 0 Å². The molecule has 5 N–H and O–H groups in total. The molecule has 44 heavy (non-hydrogen) atoms. The molecule has 17 nitrogen and oxygen atoms in total. The molecule has 251 valence electrons. The zero-order valence-electron chi connectivity index (χ0n) is 25.1. The topological polar surface area (TPSA) is 205 Å². The maximum atomic E-state index is 12.5. The van der Waals surface area contributed by atoms with E-state index in [4.69, 9.17) is 9.47 Å². The Labute approximate surface area is 289 Å². The minimum atomic E-state index is -1.13. The van der Waals surface area contributed by atoms with Gasteiger partial charge in [-0.05, 0) is 0 Å². The van der Waals surface area contributed by atoms with Crippen LogP contribution in [0.4, 0.5) is 0 Å². The second-order valence-electron chi connectivity index (χ2n) is 10.5. The number of hydrogen-bond acceptors (Lipinski definition) is 12. The molecule has 0 aliphatic carbocycles. The number of hydrogen-bond donors (Lipinski definition) is 5. The fourth-order valence-corrected chi connectivity index (χ4v) is 4.71. The first kappa shape index (κ1) is 40.4. The number of ether oxygens (including phenoxy) is 2. The van der Waals surface area contributed by atoms with Crippen molar-refractivity contribution in [2.75, 3.05) is 138 Å². The Morgan fingerprint density at radius 3 is 1.20 bits per heavy atom. The molecule has 0 unspecified atom stereocenters. The summed E-state index contributed by atoms with van der Waals surface area (Å²) < 4.78 is 10.6. The normalized spacial score (nSPS) is 16.1. The van der Waals surface area contributed by atoms with Crippen LogP contribution in [-0.2, 0) is 33.4 Å². The average Bonchev–Trinajstić information content (AvgIpc) is 2.94. The van der Waals surface area contributed by atoms with E-state index in [1.165, 1.54) is 14.7 Å². The Hall–Kier alpha value is -1.61. The quantitative estimate of drug-likeness (QED) is 0.0713. The van der Waals surface area contributed by atoms with Crippen LogP contribution in [-0.4, -0.2) is 207 Å². The van der Waals surface area contributed by atoms with Gasteiger partial charge >= 0.3 is 57.8 Å². The molecule has 2 rings (SSSR count). The van der Waals surface area contributed by atoms with Crippen molar-refractivity contribution in [2.24, 2.45) is 0 Å². The van der Waals surface area contributed by atoms with Crippen LogP contribution in [0, 0.1) is 39.9 Å². The van der Waals surface area contributed by atoms with Gasteiger partial charge in [-0.1, -0.05) is 0 Å². The average molecular weight is 775 g/mol. The molecule has 0 bridgehead atoms. The summed E-state index contributed by atoms with van der Waals surface area (Å²) in [4.78, 5) is 68.0. The summed E-state index contributed by atoms with van der Waals surface area (Å²) in [6, 6.07) is 0. The first-order valence-corrected chi connectivity index (χ1v) is 14.6. The molecule has 0 aromatic heterocycles. The maximum absolute atomic E-state index is 12.5. The molecule has 2 fully saturated rings. The predicted octanol–water partition coefficient (Wildman–Crippen LogP) is -3.96. The maximum Gasteiger partial charge on any atom is 3.00 e. The summed E-state index contributed by atoms with van der Waals surface area (Å²) in [5.41, 5.74) is 0. The van der Waals surface area contributed by atoms with E-state index in [0.717, 1.165) is 26.2 Å². The molecule has 0 saturated carbocycles. The van der Waals surface area contributed by atoms with Gasteiger partial charge in [0, 0.05) is 78.5 Å². The standard InChI is InChI=1S/C26H47N7O10.Gd/c34-22(27-1-3-29-9-13-42-14-10-29)17-32(20-25(38)39)7-5-31(19-24(36)37)6-8-33(21-26(40)41)18-23(35)28-2-4-30-11-15-43-16-12-30;/h1-21H2,(H,27,34)(H,28,35)(H,36,37)(H,38,39)(H,40,41);/q;+3. The van der Waals surface area contributed by atoms with E-state index in [-0.39, 0.29) is 97.6 Å². The second-order valence-corrected chi connectivity index (χ2v) is 10.5. The van der Waals surface area contributed by atoms with Crippen molar-refractivity contribution in [3.05, 3.63) is 0 Å². The van der Waals surface area contributed by atoms with Gasteiger partial charge in [-0.3, -0.25) is 48.5 Å². The Morgan fingerprint density at radius 2 is 0.864 bits per heavy atom. The second kappa shape index (κ2) is 23.7. The molecular formula is C26H47GdN7O10+3. The molecule has 1 radical (unpaired) electrons. The number of carboxylic acids is 3. The van der Waals surface area contributed by atoms with E-state index in [1.807, 2.05) is 0 Å². The van der Waals surface area contributed by atoms with Gasteiger partial charge in [0.2, 0.25) is 11.8 Å². The monoisotopic (exact) mass is 775 g/mol. The predicted molar refractivity (Wildman–Crippen MR) is 153 cm³/mol. The minimum Gasteiger partial charge on any atom is -0.480 e. The van der Waals surface area contributed by atoms with Crippen molar-refractivity contribution < 1.29 is 88.7 Å². The minimum absolute atomic E-state index is 0. The van der Waals surface area contributed by atoms with Crippen molar-refractivity contribution >= 4 is 29.7 Å². The van der Waals surface area contributed by atoms with E-state index in [2.05, 4.69) is 20.4 Å². The fraction of sp³-hybridized carbons (Fsp3) is 0.808. The largest absolute Gasteiger partial charge is 3.00 e. The number of amides is 2. The third kappa shape index (κ3) is 19.7. The van der Waals surface area contributed by atoms with Gasteiger partial charge in [0.1, 0.15) is 0 Å². The van der Waals surface area contributed by atoms with Gasteiger partial charge in [0.15, 0.2) is 0 Å². The Morgan fingerprint density at radius 1 is 0.545 bits per heavy atom. The van der Waals surface area contributed by atoms with Gasteiger partial charge < -0.3 is 35.4 Å². The van der Waals surface area contributed by atoms with E-state index >= 15 is 0 Å². The first-order valence-electron chi connectivity index (χ1n) is 14.6. The Balaban J connectivity index is 0.00000968. The molecule has 0 spiro atoms. The third-order valence-corrected chi connectivity index (χ3v) is 6.98. The van der Waals surface area contributed by atoms with Crippen LogP contribution in [0.1, 0.15) is 0 Å². The van der Waals surface area contributed by atoms with Crippen LogP contribution in [0.25, 0.3) is 0 Å². The molecular weight excluding hydrogens is 728 g/mol. The zero-order valence-corrected chi connectivity index (χ0v) is 27.4. The molecule has 2 saturated heterocycles. The molecule has 18 heteroatoms. The number of nitrogens with one attached hydrogen (secondary N) is 2. The van der Waals surface area contributed by atoms with Gasteiger partial charge in [0.25, 0.3) is 0 Å². The number of rotatable bonds is 22. The number of aliphatic carboxylic acids is 3. The van der Waals surface area contributed by atoms with E-state index in [1.54, 1.807) is 0 Å². The van der Waals surface area contributed by atoms with Gasteiger partial charge in [-0.2, -0.15) is 0 Å². The smallest absolute Gasteiger partial charge is 0.480 e.